The van der Waals surface area contributed by atoms with Gasteiger partial charge in [0.05, 0.1) is 0 Å². The van der Waals surface area contributed by atoms with E-state index in [1.165, 1.54) is 6.07 Å². The number of benzene rings is 2. The number of nitrogens with one attached hydrogen (secondary N) is 1. The maximum atomic E-state index is 13.5. The van der Waals surface area contributed by atoms with Crippen LogP contribution in [0.3, 0.4) is 0 Å². The Balaban J connectivity index is 1.82. The zero-order chi connectivity index (χ0) is 19.0. The minimum absolute atomic E-state index is 0.0236. The van der Waals surface area contributed by atoms with E-state index in [1.54, 1.807) is 4.40 Å². The van der Waals surface area contributed by atoms with Crippen LogP contribution in [0.25, 0.3) is 16.9 Å². The Morgan fingerprint density at radius 2 is 1.78 bits per heavy atom. The lowest BCUT2D eigenvalue weighted by molar-refractivity contribution is 0.102. The molecule has 2 aromatic carbocycles. The summed E-state index contributed by atoms with van der Waals surface area (Å²) in [6.45, 7) is 1.93. The Hall–Kier alpha value is -3.54. The van der Waals surface area contributed by atoms with Crippen molar-refractivity contribution in [3.63, 3.8) is 0 Å². The molecule has 0 aliphatic heterocycles. The lowest BCUT2D eigenvalue weighted by atomic mass is 10.1. The van der Waals surface area contributed by atoms with Gasteiger partial charge in [-0.25, -0.2) is 13.8 Å². The minimum atomic E-state index is -1.07. The molecule has 0 atom stereocenters. The van der Waals surface area contributed by atoms with Crippen LogP contribution in [-0.2, 0) is 0 Å². The first-order valence-electron chi connectivity index (χ1n) is 8.33. The summed E-state index contributed by atoms with van der Waals surface area (Å²) in [6.07, 6.45) is 1.86. The molecule has 27 heavy (non-hydrogen) atoms. The molecular weight excluding hydrogens is 348 g/mol. The van der Waals surface area contributed by atoms with E-state index in [2.05, 4.69) is 10.3 Å². The highest BCUT2D eigenvalue weighted by Crippen LogP contribution is 2.29. The number of hydrogen-bond donors (Lipinski definition) is 1. The monoisotopic (exact) mass is 363 g/mol. The molecule has 0 unspecified atom stereocenters. The van der Waals surface area contributed by atoms with Gasteiger partial charge < -0.3 is 5.32 Å². The van der Waals surface area contributed by atoms with E-state index in [1.807, 2.05) is 55.6 Å². The first kappa shape index (κ1) is 16.9. The molecule has 0 saturated heterocycles. The summed E-state index contributed by atoms with van der Waals surface area (Å²) >= 11 is 0. The third-order valence-corrected chi connectivity index (χ3v) is 4.23. The van der Waals surface area contributed by atoms with Crippen LogP contribution in [0.4, 0.5) is 14.6 Å². The number of carbonyl (C=O) groups excluding carboxylic acids is 1. The topological polar surface area (TPSA) is 46.4 Å². The quantitative estimate of drug-likeness (QED) is 0.566. The molecule has 0 saturated carbocycles. The van der Waals surface area contributed by atoms with Gasteiger partial charge in [0, 0.05) is 17.3 Å². The van der Waals surface area contributed by atoms with Gasteiger partial charge in [0.25, 0.3) is 5.91 Å². The van der Waals surface area contributed by atoms with Crippen LogP contribution < -0.4 is 5.32 Å². The number of aromatic nitrogens is 2. The first-order chi connectivity index (χ1) is 13.0. The van der Waals surface area contributed by atoms with E-state index >= 15 is 0 Å². The lowest BCUT2D eigenvalue weighted by Crippen LogP contribution is -2.14. The Kier molecular flexibility index (Phi) is 4.16. The number of amides is 1. The first-order valence-corrected chi connectivity index (χ1v) is 8.33. The highest BCUT2D eigenvalue weighted by atomic mass is 19.2. The zero-order valence-electron chi connectivity index (χ0n) is 14.4. The zero-order valence-corrected chi connectivity index (χ0v) is 14.4. The van der Waals surface area contributed by atoms with Crippen molar-refractivity contribution in [3.8, 4) is 11.3 Å². The van der Waals surface area contributed by atoms with Gasteiger partial charge >= 0.3 is 0 Å². The fourth-order valence-electron chi connectivity index (χ4n) is 2.88. The number of halogens is 2. The van der Waals surface area contributed by atoms with Crippen molar-refractivity contribution in [2.75, 3.05) is 5.32 Å². The van der Waals surface area contributed by atoms with Gasteiger partial charge in [0.2, 0.25) is 0 Å². The van der Waals surface area contributed by atoms with Crippen LogP contribution in [0.2, 0.25) is 0 Å². The van der Waals surface area contributed by atoms with Crippen LogP contribution in [0.1, 0.15) is 15.9 Å². The van der Waals surface area contributed by atoms with Crippen molar-refractivity contribution in [3.05, 3.63) is 89.6 Å². The van der Waals surface area contributed by atoms with E-state index in [9.17, 15) is 13.6 Å². The largest absolute Gasteiger partial charge is 0.306 e. The van der Waals surface area contributed by atoms with Crippen molar-refractivity contribution in [2.45, 2.75) is 6.92 Å². The normalized spacial score (nSPS) is 10.9. The summed E-state index contributed by atoms with van der Waals surface area (Å²) < 4.78 is 28.4. The third kappa shape index (κ3) is 3.17. The number of hydrogen-bond acceptors (Lipinski definition) is 2. The molecule has 0 bridgehead atoms. The number of nitrogens with zero attached hydrogens (tertiary/aromatic N) is 2. The van der Waals surface area contributed by atoms with Gasteiger partial charge in [-0.1, -0.05) is 36.4 Å². The molecule has 6 heteroatoms. The average molecular weight is 363 g/mol. The van der Waals surface area contributed by atoms with Crippen molar-refractivity contribution in [1.29, 1.82) is 0 Å². The molecule has 0 fully saturated rings. The second-order valence-electron chi connectivity index (χ2n) is 6.19. The standard InChI is InChI=1S/C21H15F2N3O/c1-13-7-10-18-24-19(14-5-3-2-4-6-14)20(26(18)12-13)25-21(27)15-8-9-16(22)17(23)11-15/h2-12H,1H3,(H,25,27). The molecule has 0 aliphatic carbocycles. The fraction of sp³-hybridized carbons (Fsp3) is 0.0476. The number of anilines is 1. The van der Waals surface area contributed by atoms with E-state index in [0.717, 1.165) is 23.3 Å². The van der Waals surface area contributed by atoms with Gasteiger partial charge in [-0.3, -0.25) is 9.20 Å². The number of aryl methyl sites for hydroxylation is 1. The molecule has 134 valence electrons. The molecule has 2 aromatic heterocycles. The summed E-state index contributed by atoms with van der Waals surface area (Å²) in [5, 5.41) is 2.79. The van der Waals surface area contributed by atoms with E-state index in [4.69, 9.17) is 0 Å². The minimum Gasteiger partial charge on any atom is -0.306 e. The summed E-state index contributed by atoms with van der Waals surface area (Å²) in [6, 6.07) is 16.3. The molecular formula is C21H15F2N3O. The highest BCUT2D eigenvalue weighted by molar-refractivity contribution is 6.05. The van der Waals surface area contributed by atoms with Gasteiger partial charge in [-0.2, -0.15) is 0 Å². The third-order valence-electron chi connectivity index (χ3n) is 4.23. The summed E-state index contributed by atoms with van der Waals surface area (Å²) in [7, 11) is 0. The highest BCUT2D eigenvalue weighted by Gasteiger charge is 2.18. The predicted octanol–water partition coefficient (Wildman–Crippen LogP) is 4.84. The SMILES string of the molecule is Cc1ccc2nc(-c3ccccc3)c(NC(=O)c3ccc(F)c(F)c3)n2c1. The summed E-state index contributed by atoms with van der Waals surface area (Å²) in [5.74, 6) is -2.15. The van der Waals surface area contributed by atoms with E-state index in [0.29, 0.717) is 17.2 Å². The number of pyridine rings is 1. The van der Waals surface area contributed by atoms with Crippen LogP contribution in [0.15, 0.2) is 66.9 Å². The Labute approximate surface area is 154 Å². The van der Waals surface area contributed by atoms with Crippen molar-refractivity contribution in [1.82, 2.24) is 9.38 Å². The number of fused-ring (bicyclic) bond motifs is 1. The summed E-state index contributed by atoms with van der Waals surface area (Å²) in [5.41, 5.74) is 3.11. The number of carbonyl (C=O) groups is 1. The van der Waals surface area contributed by atoms with Gasteiger partial charge in [-0.15, -0.1) is 0 Å². The van der Waals surface area contributed by atoms with Gasteiger partial charge in [-0.05, 0) is 36.8 Å². The van der Waals surface area contributed by atoms with Gasteiger partial charge in [0.15, 0.2) is 11.6 Å². The molecule has 4 rings (SSSR count). The molecule has 0 aliphatic rings. The van der Waals surface area contributed by atoms with Crippen LogP contribution in [0.5, 0.6) is 0 Å². The molecule has 2 heterocycles. The van der Waals surface area contributed by atoms with E-state index < -0.39 is 17.5 Å². The average Bonchev–Trinajstić information content (AvgIpc) is 3.02. The maximum absolute atomic E-state index is 13.5. The molecule has 1 amide bonds. The summed E-state index contributed by atoms with van der Waals surface area (Å²) in [4.78, 5) is 17.3. The van der Waals surface area contributed by atoms with Crippen molar-refractivity contribution in [2.24, 2.45) is 0 Å². The second-order valence-corrected chi connectivity index (χ2v) is 6.19. The number of imidazole rings is 1. The van der Waals surface area contributed by atoms with Crippen molar-refractivity contribution >= 4 is 17.4 Å². The van der Waals surface area contributed by atoms with Crippen LogP contribution >= 0.6 is 0 Å². The molecule has 1 N–H and O–H groups in total. The predicted molar refractivity (Wildman–Crippen MR) is 99.7 cm³/mol. The molecule has 4 aromatic rings. The Morgan fingerprint density at radius 3 is 2.52 bits per heavy atom. The van der Waals surface area contributed by atoms with Crippen molar-refractivity contribution < 1.29 is 13.6 Å². The molecule has 0 spiro atoms. The Morgan fingerprint density at radius 1 is 1.00 bits per heavy atom. The van der Waals surface area contributed by atoms with Crippen LogP contribution in [-0.4, -0.2) is 15.3 Å². The maximum Gasteiger partial charge on any atom is 0.256 e. The van der Waals surface area contributed by atoms with E-state index in [-0.39, 0.29) is 5.56 Å². The smallest absolute Gasteiger partial charge is 0.256 e. The van der Waals surface area contributed by atoms with Crippen LogP contribution in [0, 0.1) is 18.6 Å². The lowest BCUT2D eigenvalue weighted by Gasteiger charge is -2.09. The molecule has 0 radical (unpaired) electrons. The number of rotatable bonds is 3. The Bertz CT molecular complexity index is 1150. The second kappa shape index (κ2) is 6.64. The fourth-order valence-corrected chi connectivity index (χ4v) is 2.88. The van der Waals surface area contributed by atoms with Gasteiger partial charge in [0.1, 0.15) is 17.2 Å². The molecule has 4 nitrogen and oxygen atoms in total.